The van der Waals surface area contributed by atoms with Gasteiger partial charge >= 0.3 is 0 Å². The van der Waals surface area contributed by atoms with Crippen molar-refractivity contribution in [3.8, 4) is 0 Å². The Balaban J connectivity index is 2.28. The van der Waals surface area contributed by atoms with Crippen LogP contribution in [0.1, 0.15) is 42.0 Å². The molecule has 17 heavy (non-hydrogen) atoms. The van der Waals surface area contributed by atoms with E-state index in [9.17, 15) is 5.11 Å². The first kappa shape index (κ1) is 12.6. The van der Waals surface area contributed by atoms with Crippen LogP contribution in [-0.2, 0) is 6.42 Å². The van der Waals surface area contributed by atoms with Crippen molar-refractivity contribution in [3.05, 3.63) is 34.4 Å². The fraction of sp³-hybridized carbons (Fsp3) is 0.625. The molecule has 1 saturated carbocycles. The molecule has 1 aliphatic rings. The molecule has 2 rings (SSSR count). The quantitative estimate of drug-likeness (QED) is 0.841. The monoisotopic (exact) mass is 232 g/mol. The van der Waals surface area contributed by atoms with Crippen LogP contribution in [0.15, 0.2) is 12.1 Å². The van der Waals surface area contributed by atoms with Crippen molar-refractivity contribution in [2.75, 3.05) is 6.61 Å². The molecule has 1 N–H and O–H groups in total. The second-order valence-electron chi connectivity index (χ2n) is 6.14. The predicted octanol–water partition coefficient (Wildman–Crippen LogP) is 3.56. The minimum atomic E-state index is 0.0881. The molecule has 1 heteroatoms. The fourth-order valence-corrected chi connectivity index (χ4v) is 3.00. The summed E-state index contributed by atoms with van der Waals surface area (Å²) in [6.07, 6.45) is 3.61. The Hall–Kier alpha value is -0.820. The van der Waals surface area contributed by atoms with Crippen molar-refractivity contribution in [2.45, 2.75) is 47.0 Å². The van der Waals surface area contributed by atoms with E-state index < -0.39 is 0 Å². The van der Waals surface area contributed by atoms with E-state index in [0.717, 1.165) is 12.3 Å². The van der Waals surface area contributed by atoms with Gasteiger partial charge in [-0.15, -0.1) is 0 Å². The average Bonchev–Trinajstić information content (AvgIpc) is 3.07. The lowest BCUT2D eigenvalue weighted by Gasteiger charge is -2.29. The molecule has 0 aliphatic heterocycles. The summed E-state index contributed by atoms with van der Waals surface area (Å²) in [6.45, 7) is 9.09. The van der Waals surface area contributed by atoms with Crippen molar-refractivity contribution in [1.82, 2.24) is 0 Å². The third kappa shape index (κ3) is 2.55. The maximum atomic E-state index is 9.69. The van der Waals surface area contributed by atoms with Gasteiger partial charge in [-0.2, -0.15) is 0 Å². The third-order valence-corrected chi connectivity index (χ3v) is 4.35. The zero-order valence-electron chi connectivity index (χ0n) is 11.5. The maximum Gasteiger partial charge on any atom is 0.0490 e. The van der Waals surface area contributed by atoms with Gasteiger partial charge in [0.05, 0.1) is 0 Å². The summed E-state index contributed by atoms with van der Waals surface area (Å²) in [5.74, 6) is 0.729. The molecular formula is C16H24O. The molecule has 1 atom stereocenters. The van der Waals surface area contributed by atoms with Crippen LogP contribution in [0.4, 0.5) is 0 Å². The van der Waals surface area contributed by atoms with Gasteiger partial charge in [-0.1, -0.05) is 24.6 Å². The van der Waals surface area contributed by atoms with Crippen LogP contribution in [0.3, 0.4) is 0 Å². The molecule has 0 spiro atoms. The van der Waals surface area contributed by atoms with E-state index in [1.54, 1.807) is 0 Å². The minimum Gasteiger partial charge on any atom is -0.396 e. The van der Waals surface area contributed by atoms with Crippen LogP contribution in [0.25, 0.3) is 0 Å². The molecule has 0 heterocycles. The molecule has 94 valence electrons. The summed E-state index contributed by atoms with van der Waals surface area (Å²) in [5.41, 5.74) is 5.62. The van der Waals surface area contributed by atoms with Crippen molar-refractivity contribution in [1.29, 1.82) is 0 Å². The Morgan fingerprint density at radius 1 is 1.18 bits per heavy atom. The summed E-state index contributed by atoms with van der Waals surface area (Å²) in [5, 5.41) is 9.69. The lowest BCUT2D eigenvalue weighted by Crippen LogP contribution is -2.27. The Kier molecular flexibility index (Phi) is 3.31. The van der Waals surface area contributed by atoms with Gasteiger partial charge in [-0.25, -0.2) is 0 Å². The highest BCUT2D eigenvalue weighted by molar-refractivity contribution is 5.38. The van der Waals surface area contributed by atoms with E-state index in [1.807, 2.05) is 0 Å². The Morgan fingerprint density at radius 2 is 1.71 bits per heavy atom. The average molecular weight is 232 g/mol. The zero-order valence-corrected chi connectivity index (χ0v) is 11.5. The highest BCUT2D eigenvalue weighted by Gasteiger charge is 2.41. The van der Waals surface area contributed by atoms with Gasteiger partial charge < -0.3 is 5.11 Å². The SMILES string of the molecule is Cc1cc(C)c(CC(C)(CO)C2CC2)c(C)c1. The van der Waals surface area contributed by atoms with Gasteiger partial charge in [-0.3, -0.25) is 0 Å². The van der Waals surface area contributed by atoms with Gasteiger partial charge in [-0.05, 0) is 68.1 Å². The molecule has 1 aromatic carbocycles. The summed E-state index contributed by atoms with van der Waals surface area (Å²) < 4.78 is 0. The van der Waals surface area contributed by atoms with Gasteiger partial charge in [0.25, 0.3) is 0 Å². The smallest absolute Gasteiger partial charge is 0.0490 e. The summed E-state index contributed by atoms with van der Waals surface area (Å²) in [6, 6.07) is 4.51. The number of aliphatic hydroxyl groups is 1. The number of hydrogen-bond acceptors (Lipinski definition) is 1. The predicted molar refractivity (Wildman–Crippen MR) is 72.3 cm³/mol. The van der Waals surface area contributed by atoms with E-state index in [0.29, 0.717) is 6.61 Å². The minimum absolute atomic E-state index is 0.0881. The largest absolute Gasteiger partial charge is 0.396 e. The normalized spacial score (nSPS) is 19.1. The molecule has 0 aromatic heterocycles. The van der Waals surface area contributed by atoms with Crippen molar-refractivity contribution in [2.24, 2.45) is 11.3 Å². The van der Waals surface area contributed by atoms with Crippen molar-refractivity contribution >= 4 is 0 Å². The summed E-state index contributed by atoms with van der Waals surface area (Å²) in [7, 11) is 0. The fourth-order valence-electron chi connectivity index (χ4n) is 3.00. The number of aryl methyl sites for hydroxylation is 3. The second kappa shape index (κ2) is 4.45. The number of hydrogen-bond donors (Lipinski definition) is 1. The second-order valence-corrected chi connectivity index (χ2v) is 6.14. The van der Waals surface area contributed by atoms with Crippen molar-refractivity contribution < 1.29 is 5.11 Å². The molecule has 0 bridgehead atoms. The first-order valence-electron chi connectivity index (χ1n) is 6.64. The molecule has 1 unspecified atom stereocenters. The van der Waals surface area contributed by atoms with Gasteiger partial charge in [0.15, 0.2) is 0 Å². The molecule has 0 radical (unpaired) electrons. The standard InChI is InChI=1S/C16H24O/c1-11-7-12(2)15(13(3)8-11)9-16(4,10-17)14-5-6-14/h7-8,14,17H,5-6,9-10H2,1-4H3. The summed E-state index contributed by atoms with van der Waals surface area (Å²) >= 11 is 0. The molecule has 1 fully saturated rings. The molecule has 0 amide bonds. The lowest BCUT2D eigenvalue weighted by atomic mass is 9.77. The van der Waals surface area contributed by atoms with Gasteiger partial charge in [0, 0.05) is 6.61 Å². The van der Waals surface area contributed by atoms with Crippen LogP contribution in [0.5, 0.6) is 0 Å². The number of aliphatic hydroxyl groups excluding tert-OH is 1. The van der Waals surface area contributed by atoms with Crippen LogP contribution < -0.4 is 0 Å². The highest BCUT2D eigenvalue weighted by atomic mass is 16.3. The number of benzene rings is 1. The molecule has 1 nitrogen and oxygen atoms in total. The third-order valence-electron chi connectivity index (χ3n) is 4.35. The lowest BCUT2D eigenvalue weighted by molar-refractivity contribution is 0.119. The van der Waals surface area contributed by atoms with Crippen LogP contribution >= 0.6 is 0 Å². The van der Waals surface area contributed by atoms with E-state index in [4.69, 9.17) is 0 Å². The Morgan fingerprint density at radius 3 is 2.12 bits per heavy atom. The zero-order chi connectivity index (χ0) is 12.6. The highest BCUT2D eigenvalue weighted by Crippen LogP contribution is 2.47. The number of rotatable bonds is 4. The molecule has 1 aliphatic carbocycles. The van der Waals surface area contributed by atoms with E-state index in [2.05, 4.69) is 39.8 Å². The Bertz CT molecular complexity index is 395. The van der Waals surface area contributed by atoms with Crippen molar-refractivity contribution in [3.63, 3.8) is 0 Å². The summed E-state index contributed by atoms with van der Waals surface area (Å²) in [4.78, 5) is 0. The molecule has 0 saturated heterocycles. The molecular weight excluding hydrogens is 208 g/mol. The topological polar surface area (TPSA) is 20.2 Å². The van der Waals surface area contributed by atoms with Crippen LogP contribution in [0, 0.1) is 32.1 Å². The first-order valence-corrected chi connectivity index (χ1v) is 6.64. The maximum absolute atomic E-state index is 9.69. The van der Waals surface area contributed by atoms with Gasteiger partial charge in [0.1, 0.15) is 0 Å². The van der Waals surface area contributed by atoms with E-state index in [-0.39, 0.29) is 5.41 Å². The van der Waals surface area contributed by atoms with Gasteiger partial charge in [0.2, 0.25) is 0 Å². The molecule has 1 aromatic rings. The van der Waals surface area contributed by atoms with Crippen LogP contribution in [0.2, 0.25) is 0 Å². The first-order chi connectivity index (χ1) is 7.96. The van der Waals surface area contributed by atoms with E-state index in [1.165, 1.54) is 35.1 Å². The van der Waals surface area contributed by atoms with E-state index >= 15 is 0 Å². The Labute approximate surface area is 105 Å². The van der Waals surface area contributed by atoms with Crippen LogP contribution in [-0.4, -0.2) is 11.7 Å².